The van der Waals surface area contributed by atoms with E-state index in [4.69, 9.17) is 4.74 Å². The Morgan fingerprint density at radius 2 is 2.12 bits per heavy atom. The summed E-state index contributed by atoms with van der Waals surface area (Å²) >= 11 is 0. The molecule has 1 aliphatic heterocycles. The van der Waals surface area contributed by atoms with Gasteiger partial charge in [-0.05, 0) is 56.6 Å². The lowest BCUT2D eigenvalue weighted by Crippen LogP contribution is -2.31. The Kier molecular flexibility index (Phi) is 5.00. The van der Waals surface area contributed by atoms with Crippen LogP contribution in [0.3, 0.4) is 0 Å². The second kappa shape index (κ2) is 7.56. The average Bonchev–Trinajstić information content (AvgIpc) is 3.31. The Morgan fingerprint density at radius 3 is 2.88 bits per heavy atom. The van der Waals surface area contributed by atoms with Crippen molar-refractivity contribution in [2.45, 2.75) is 44.9 Å². The third-order valence-corrected chi connectivity index (χ3v) is 5.35. The highest BCUT2D eigenvalue weighted by atomic mass is 16.5. The number of aromatic amines is 1. The molecule has 0 saturated carbocycles. The molecule has 0 spiro atoms. The first-order valence-corrected chi connectivity index (χ1v) is 9.39. The molecule has 5 nitrogen and oxygen atoms in total. The summed E-state index contributed by atoms with van der Waals surface area (Å²) in [5.41, 5.74) is 4.61. The maximum Gasteiger partial charge on any atom is 0.137 e. The van der Waals surface area contributed by atoms with Gasteiger partial charge in [0, 0.05) is 49.1 Å². The zero-order valence-corrected chi connectivity index (χ0v) is 15.5. The molecule has 0 radical (unpaired) electrons. The Balaban J connectivity index is 1.58. The average molecular weight is 350 g/mol. The quantitative estimate of drug-likeness (QED) is 0.733. The highest BCUT2D eigenvalue weighted by Crippen LogP contribution is 2.34. The van der Waals surface area contributed by atoms with E-state index in [2.05, 4.69) is 52.0 Å². The van der Waals surface area contributed by atoms with E-state index in [1.165, 1.54) is 16.6 Å². The van der Waals surface area contributed by atoms with Gasteiger partial charge >= 0.3 is 0 Å². The second-order valence-electron chi connectivity index (χ2n) is 7.21. The van der Waals surface area contributed by atoms with Crippen molar-refractivity contribution in [2.24, 2.45) is 0 Å². The predicted octanol–water partition coefficient (Wildman–Crippen LogP) is 3.87. The number of nitrogens with one attached hydrogen (secondary N) is 1. The fraction of sp³-hybridized carbons (Fsp3) is 0.429. The first kappa shape index (κ1) is 17.2. The normalized spacial score (nSPS) is 18.7. The molecule has 0 aliphatic carbocycles. The van der Waals surface area contributed by atoms with Gasteiger partial charge in [0.25, 0.3) is 0 Å². The van der Waals surface area contributed by atoms with Gasteiger partial charge in [0.05, 0.1) is 11.8 Å². The minimum absolute atomic E-state index is 0.165. The van der Waals surface area contributed by atoms with Crippen LogP contribution in [-0.2, 0) is 17.7 Å². The van der Waals surface area contributed by atoms with Crippen LogP contribution in [0, 0.1) is 0 Å². The van der Waals surface area contributed by atoms with Crippen LogP contribution in [0.25, 0.3) is 11.0 Å². The zero-order valence-electron chi connectivity index (χ0n) is 15.5. The first-order valence-electron chi connectivity index (χ1n) is 9.39. The van der Waals surface area contributed by atoms with Gasteiger partial charge in [0.1, 0.15) is 5.65 Å². The molecule has 3 aromatic heterocycles. The van der Waals surface area contributed by atoms with E-state index >= 15 is 0 Å². The summed E-state index contributed by atoms with van der Waals surface area (Å²) in [6, 6.07) is 10.7. The molecule has 1 fully saturated rings. The molecule has 2 atom stereocenters. The number of aromatic nitrogens is 3. The van der Waals surface area contributed by atoms with Crippen molar-refractivity contribution in [1.82, 2.24) is 19.9 Å². The third kappa shape index (κ3) is 3.50. The summed E-state index contributed by atoms with van der Waals surface area (Å²) in [7, 11) is 2.18. The molecule has 5 heteroatoms. The molecule has 0 aromatic carbocycles. The minimum Gasteiger partial charge on any atom is -0.372 e. The van der Waals surface area contributed by atoms with E-state index in [0.717, 1.165) is 43.8 Å². The lowest BCUT2D eigenvalue weighted by molar-refractivity contribution is 0.107. The number of fused-ring (bicyclic) bond motifs is 1. The summed E-state index contributed by atoms with van der Waals surface area (Å²) in [4.78, 5) is 14.9. The fourth-order valence-electron chi connectivity index (χ4n) is 3.73. The molecule has 4 rings (SSSR count). The van der Waals surface area contributed by atoms with Gasteiger partial charge in [-0.15, -0.1) is 0 Å². The Bertz CT molecular complexity index is 855. The van der Waals surface area contributed by atoms with Crippen molar-refractivity contribution in [2.75, 3.05) is 13.7 Å². The molecule has 1 saturated heterocycles. The molecule has 0 amide bonds. The number of hydrogen-bond acceptors (Lipinski definition) is 4. The summed E-state index contributed by atoms with van der Waals surface area (Å²) in [6.45, 7) is 3.97. The van der Waals surface area contributed by atoms with Gasteiger partial charge in [-0.2, -0.15) is 0 Å². The van der Waals surface area contributed by atoms with Crippen LogP contribution in [0.5, 0.6) is 0 Å². The van der Waals surface area contributed by atoms with Crippen molar-refractivity contribution < 1.29 is 4.74 Å². The van der Waals surface area contributed by atoms with Crippen LogP contribution in [0.2, 0.25) is 0 Å². The van der Waals surface area contributed by atoms with Gasteiger partial charge < -0.3 is 9.72 Å². The number of rotatable bonds is 6. The highest BCUT2D eigenvalue weighted by molar-refractivity contribution is 5.81. The number of pyridine rings is 2. The van der Waals surface area contributed by atoms with Crippen LogP contribution < -0.4 is 0 Å². The van der Waals surface area contributed by atoms with Crippen molar-refractivity contribution >= 4 is 11.0 Å². The Hall–Kier alpha value is -2.24. The van der Waals surface area contributed by atoms with Crippen molar-refractivity contribution in [1.29, 1.82) is 0 Å². The molecule has 1 aliphatic rings. The van der Waals surface area contributed by atoms with E-state index < -0.39 is 0 Å². The van der Waals surface area contributed by atoms with E-state index in [9.17, 15) is 0 Å². The number of ether oxygens (including phenoxy) is 1. The van der Waals surface area contributed by atoms with Crippen LogP contribution >= 0.6 is 0 Å². The molecular weight excluding hydrogens is 324 g/mol. The van der Waals surface area contributed by atoms with Crippen LogP contribution in [-0.4, -0.2) is 39.5 Å². The smallest absolute Gasteiger partial charge is 0.137 e. The molecule has 4 heterocycles. The van der Waals surface area contributed by atoms with E-state index in [1.54, 1.807) is 0 Å². The van der Waals surface area contributed by atoms with Crippen LogP contribution in [0.4, 0.5) is 0 Å². The van der Waals surface area contributed by atoms with Gasteiger partial charge in [0.15, 0.2) is 0 Å². The molecule has 1 N–H and O–H groups in total. The summed E-state index contributed by atoms with van der Waals surface area (Å²) in [5, 5.41) is 1.20. The standard InChI is InChI=1S/C21H26N4O/c1-15(13-16-7-3-4-10-22-16)25(2)14-18-17-8-5-11-23-21(17)24-20(18)19-9-6-12-26-19/h3-5,7-8,10-11,15,19H,6,9,12-14H2,1-2H3,(H,23,24)/t15-,19-/m0/s1. The molecule has 0 unspecified atom stereocenters. The fourth-order valence-corrected chi connectivity index (χ4v) is 3.73. The molecule has 26 heavy (non-hydrogen) atoms. The Labute approximate surface area is 154 Å². The van der Waals surface area contributed by atoms with E-state index in [0.29, 0.717) is 6.04 Å². The Morgan fingerprint density at radius 1 is 1.23 bits per heavy atom. The van der Waals surface area contributed by atoms with Crippen LogP contribution in [0.1, 0.15) is 42.8 Å². The summed E-state index contributed by atoms with van der Waals surface area (Å²) in [6.07, 6.45) is 7.01. The maximum absolute atomic E-state index is 5.96. The number of hydrogen-bond donors (Lipinski definition) is 1. The van der Waals surface area contributed by atoms with Gasteiger partial charge in [-0.1, -0.05) is 6.07 Å². The lowest BCUT2D eigenvalue weighted by atomic mass is 10.0. The topological polar surface area (TPSA) is 54.0 Å². The number of H-pyrrole nitrogens is 1. The zero-order chi connectivity index (χ0) is 17.9. The van der Waals surface area contributed by atoms with Gasteiger partial charge in [0.2, 0.25) is 0 Å². The van der Waals surface area contributed by atoms with Gasteiger partial charge in [-0.3, -0.25) is 9.88 Å². The first-order chi connectivity index (χ1) is 12.7. The number of nitrogens with zero attached hydrogens (tertiary/aromatic N) is 3. The van der Waals surface area contributed by atoms with Crippen molar-refractivity contribution in [3.63, 3.8) is 0 Å². The molecule has 136 valence electrons. The van der Waals surface area contributed by atoms with Crippen molar-refractivity contribution in [3.8, 4) is 0 Å². The minimum atomic E-state index is 0.165. The molecular formula is C21H26N4O. The second-order valence-corrected chi connectivity index (χ2v) is 7.21. The summed E-state index contributed by atoms with van der Waals surface area (Å²) < 4.78 is 5.96. The number of likely N-dealkylation sites (N-methyl/N-ethyl adjacent to an activating group) is 1. The monoisotopic (exact) mass is 350 g/mol. The largest absolute Gasteiger partial charge is 0.372 e. The predicted molar refractivity (Wildman–Crippen MR) is 103 cm³/mol. The summed E-state index contributed by atoms with van der Waals surface area (Å²) in [5.74, 6) is 0. The highest BCUT2D eigenvalue weighted by Gasteiger charge is 2.25. The van der Waals surface area contributed by atoms with Gasteiger partial charge in [-0.25, -0.2) is 4.98 Å². The maximum atomic E-state index is 5.96. The van der Waals surface area contributed by atoms with E-state index in [-0.39, 0.29) is 6.10 Å². The van der Waals surface area contributed by atoms with Crippen molar-refractivity contribution in [3.05, 3.63) is 59.7 Å². The van der Waals surface area contributed by atoms with E-state index in [1.807, 2.05) is 24.5 Å². The third-order valence-electron chi connectivity index (χ3n) is 5.35. The lowest BCUT2D eigenvalue weighted by Gasteiger charge is -2.25. The molecule has 0 bridgehead atoms. The van der Waals surface area contributed by atoms with Crippen LogP contribution in [0.15, 0.2) is 42.7 Å². The molecule has 3 aromatic rings. The SMILES string of the molecule is C[C@@H](Cc1ccccn1)N(C)Cc1c([C@@H]2CCCO2)[nH]c2ncccc12.